The van der Waals surface area contributed by atoms with Gasteiger partial charge in [0.25, 0.3) is 0 Å². The summed E-state index contributed by atoms with van der Waals surface area (Å²) in [7, 11) is 1.73. The van der Waals surface area contributed by atoms with E-state index in [1.54, 1.807) is 7.05 Å². The Labute approximate surface area is 125 Å². The number of rotatable bonds is 3. The molecule has 0 spiro atoms. The van der Waals surface area contributed by atoms with E-state index in [1.807, 2.05) is 16.7 Å². The number of fused-ring (bicyclic) bond motifs is 1. The molecule has 2 rings (SSSR count). The second kappa shape index (κ2) is 5.93. The van der Waals surface area contributed by atoms with Crippen LogP contribution in [0.4, 0.5) is 0 Å². The van der Waals surface area contributed by atoms with Crippen LogP contribution in [0.1, 0.15) is 33.6 Å². The van der Waals surface area contributed by atoms with Crippen molar-refractivity contribution in [3.63, 3.8) is 0 Å². The van der Waals surface area contributed by atoms with Gasteiger partial charge in [0.2, 0.25) is 11.8 Å². The zero-order valence-corrected chi connectivity index (χ0v) is 13.5. The molecule has 2 saturated heterocycles. The lowest BCUT2D eigenvalue weighted by Gasteiger charge is -2.32. The lowest BCUT2D eigenvalue weighted by atomic mass is 9.86. The molecule has 0 aromatic carbocycles. The molecule has 2 heterocycles. The van der Waals surface area contributed by atoms with Crippen LogP contribution in [0.3, 0.4) is 0 Å². The molecule has 2 unspecified atom stereocenters. The third kappa shape index (κ3) is 2.96. The molecule has 0 aliphatic carbocycles. The molecule has 2 amide bonds. The van der Waals surface area contributed by atoms with Crippen LogP contribution in [0.15, 0.2) is 0 Å². The van der Waals surface area contributed by atoms with Crippen LogP contribution in [0.2, 0.25) is 0 Å². The number of carbonyl (C=O) groups is 2. The summed E-state index contributed by atoms with van der Waals surface area (Å²) in [4.78, 5) is 26.5. The average molecular weight is 299 g/mol. The Morgan fingerprint density at radius 3 is 2.85 bits per heavy atom. The summed E-state index contributed by atoms with van der Waals surface area (Å²) in [5.41, 5.74) is 0.143. The maximum atomic E-state index is 12.7. The smallest absolute Gasteiger partial charge is 0.246 e. The van der Waals surface area contributed by atoms with E-state index in [0.29, 0.717) is 0 Å². The molecule has 5 nitrogen and oxygen atoms in total. The fourth-order valence-electron chi connectivity index (χ4n) is 2.98. The van der Waals surface area contributed by atoms with Crippen molar-refractivity contribution >= 4 is 23.6 Å². The van der Waals surface area contributed by atoms with Crippen LogP contribution in [-0.2, 0) is 9.59 Å². The topological polar surface area (TPSA) is 61.4 Å². The highest BCUT2D eigenvalue weighted by Gasteiger charge is 2.49. The molecule has 20 heavy (non-hydrogen) atoms. The average Bonchev–Trinajstić information content (AvgIpc) is 2.49. The molecule has 2 aliphatic heterocycles. The predicted octanol–water partition coefficient (Wildman–Crippen LogP) is 0.801. The second-order valence-electron chi connectivity index (χ2n) is 6.38. The summed E-state index contributed by atoms with van der Waals surface area (Å²) in [6.07, 6.45) is 1.75. The molecule has 0 radical (unpaired) electrons. The van der Waals surface area contributed by atoms with E-state index >= 15 is 0 Å². The Morgan fingerprint density at radius 2 is 2.20 bits per heavy atom. The SMILES string of the molecule is CNCC(=O)N[C@H]1CCSC2CC(C)(C)C(C)N2C1=O. The van der Waals surface area contributed by atoms with Crippen LogP contribution in [0, 0.1) is 5.41 Å². The van der Waals surface area contributed by atoms with E-state index < -0.39 is 0 Å². The minimum Gasteiger partial charge on any atom is -0.343 e. The summed E-state index contributed by atoms with van der Waals surface area (Å²) < 4.78 is 0. The van der Waals surface area contributed by atoms with Crippen LogP contribution in [0.25, 0.3) is 0 Å². The fraction of sp³-hybridized carbons (Fsp3) is 0.857. The number of hydrogen-bond donors (Lipinski definition) is 2. The molecule has 114 valence electrons. The van der Waals surface area contributed by atoms with E-state index in [2.05, 4.69) is 31.4 Å². The number of amides is 2. The maximum absolute atomic E-state index is 12.7. The highest BCUT2D eigenvalue weighted by molar-refractivity contribution is 7.99. The molecule has 3 atom stereocenters. The number of carbonyl (C=O) groups excluding carboxylic acids is 2. The van der Waals surface area contributed by atoms with Crippen LogP contribution in [-0.4, -0.2) is 53.5 Å². The van der Waals surface area contributed by atoms with Crippen molar-refractivity contribution in [3.05, 3.63) is 0 Å². The fourth-order valence-corrected chi connectivity index (χ4v) is 4.62. The van der Waals surface area contributed by atoms with E-state index in [9.17, 15) is 9.59 Å². The van der Waals surface area contributed by atoms with E-state index in [-0.39, 0.29) is 41.2 Å². The summed E-state index contributed by atoms with van der Waals surface area (Å²) in [6.45, 7) is 6.81. The highest BCUT2D eigenvalue weighted by Crippen LogP contribution is 2.45. The number of hydrogen-bond acceptors (Lipinski definition) is 4. The van der Waals surface area contributed by atoms with E-state index in [0.717, 1.165) is 18.6 Å². The lowest BCUT2D eigenvalue weighted by Crippen LogP contribution is -2.52. The first kappa shape index (κ1) is 15.6. The quantitative estimate of drug-likeness (QED) is 0.809. The molecular weight excluding hydrogens is 274 g/mol. The van der Waals surface area contributed by atoms with E-state index in [4.69, 9.17) is 0 Å². The summed E-state index contributed by atoms with van der Waals surface area (Å²) >= 11 is 1.85. The molecule has 6 heteroatoms. The molecule has 0 bridgehead atoms. The molecule has 0 aromatic heterocycles. The summed E-state index contributed by atoms with van der Waals surface area (Å²) in [5.74, 6) is 0.892. The Bertz CT molecular complexity index is 400. The number of thioether (sulfide) groups is 1. The number of nitrogens with zero attached hydrogens (tertiary/aromatic N) is 1. The third-order valence-corrected chi connectivity index (χ3v) is 5.75. The highest BCUT2D eigenvalue weighted by atomic mass is 32.2. The Balaban J connectivity index is 2.11. The third-order valence-electron chi connectivity index (χ3n) is 4.50. The monoisotopic (exact) mass is 299 g/mol. The molecule has 0 saturated carbocycles. The van der Waals surface area contributed by atoms with Gasteiger partial charge in [-0.2, -0.15) is 0 Å². The summed E-state index contributed by atoms with van der Waals surface area (Å²) in [5, 5.41) is 5.94. The summed E-state index contributed by atoms with van der Waals surface area (Å²) in [6, 6.07) is -0.154. The van der Waals surface area contributed by atoms with Gasteiger partial charge in [0.15, 0.2) is 0 Å². The van der Waals surface area contributed by atoms with Crippen molar-refractivity contribution in [1.29, 1.82) is 0 Å². The van der Waals surface area contributed by atoms with Gasteiger partial charge in [0, 0.05) is 6.04 Å². The molecule has 2 aliphatic rings. The van der Waals surface area contributed by atoms with Crippen molar-refractivity contribution in [2.24, 2.45) is 5.41 Å². The van der Waals surface area contributed by atoms with Gasteiger partial charge in [0.1, 0.15) is 6.04 Å². The first-order valence-electron chi connectivity index (χ1n) is 7.24. The van der Waals surface area contributed by atoms with Crippen LogP contribution in [0.5, 0.6) is 0 Å². The van der Waals surface area contributed by atoms with Crippen molar-refractivity contribution in [2.45, 2.75) is 51.1 Å². The molecule has 2 N–H and O–H groups in total. The van der Waals surface area contributed by atoms with Gasteiger partial charge in [-0.15, -0.1) is 11.8 Å². The van der Waals surface area contributed by atoms with Gasteiger partial charge in [-0.1, -0.05) is 13.8 Å². The van der Waals surface area contributed by atoms with Gasteiger partial charge in [0.05, 0.1) is 11.9 Å². The van der Waals surface area contributed by atoms with Crippen molar-refractivity contribution in [2.75, 3.05) is 19.3 Å². The van der Waals surface area contributed by atoms with Gasteiger partial charge >= 0.3 is 0 Å². The Kier molecular flexibility index (Phi) is 4.64. The van der Waals surface area contributed by atoms with Crippen LogP contribution >= 0.6 is 11.8 Å². The number of likely N-dealkylation sites (N-methyl/N-ethyl adjacent to an activating group) is 1. The first-order chi connectivity index (χ1) is 9.36. The standard InChI is InChI=1S/C14H25N3O2S/c1-9-14(2,3)7-12-17(9)13(19)10(5-6-20-12)16-11(18)8-15-4/h9-10,12,15H,5-8H2,1-4H3,(H,16,18)/t9?,10-,12?/m0/s1. The zero-order valence-electron chi connectivity index (χ0n) is 12.7. The van der Waals surface area contributed by atoms with Gasteiger partial charge in [-0.3, -0.25) is 9.59 Å². The molecule has 0 aromatic rings. The minimum atomic E-state index is -0.371. The van der Waals surface area contributed by atoms with E-state index in [1.165, 1.54) is 0 Å². The largest absolute Gasteiger partial charge is 0.343 e. The predicted molar refractivity (Wildman–Crippen MR) is 81.4 cm³/mol. The van der Waals surface area contributed by atoms with Crippen molar-refractivity contribution < 1.29 is 9.59 Å². The Morgan fingerprint density at radius 1 is 1.50 bits per heavy atom. The molecule has 2 fully saturated rings. The van der Waals surface area contributed by atoms with Crippen molar-refractivity contribution in [3.8, 4) is 0 Å². The van der Waals surface area contributed by atoms with Crippen LogP contribution < -0.4 is 10.6 Å². The Hall–Kier alpha value is -0.750. The minimum absolute atomic E-state index is 0.0857. The van der Waals surface area contributed by atoms with Gasteiger partial charge < -0.3 is 15.5 Å². The number of nitrogens with one attached hydrogen (secondary N) is 2. The maximum Gasteiger partial charge on any atom is 0.246 e. The van der Waals surface area contributed by atoms with Crippen molar-refractivity contribution in [1.82, 2.24) is 15.5 Å². The zero-order chi connectivity index (χ0) is 14.9. The van der Waals surface area contributed by atoms with Gasteiger partial charge in [-0.05, 0) is 38.0 Å². The normalized spacial score (nSPS) is 32.7. The second-order valence-corrected chi connectivity index (χ2v) is 7.66. The first-order valence-corrected chi connectivity index (χ1v) is 8.29. The molecular formula is C14H25N3O2S. The lowest BCUT2D eigenvalue weighted by molar-refractivity contribution is -0.137. The van der Waals surface area contributed by atoms with Gasteiger partial charge in [-0.25, -0.2) is 0 Å².